The molecule has 0 unspecified atom stereocenters. The normalized spacial score (nSPS) is 11.7. The minimum atomic E-state index is -1.04. The topological polar surface area (TPSA) is 66.4 Å². The molecule has 124 valence electrons. The number of amides is 1. The van der Waals surface area contributed by atoms with Crippen LogP contribution in [0.25, 0.3) is 0 Å². The Hall–Kier alpha value is -2.88. The second-order valence-electron chi connectivity index (χ2n) is 5.52. The molecule has 2 rings (SSSR count). The number of carboxylic acids is 1. The lowest BCUT2D eigenvalue weighted by Gasteiger charge is -2.21. The summed E-state index contributed by atoms with van der Waals surface area (Å²) in [6, 6.07) is 17.8. The summed E-state index contributed by atoms with van der Waals surface area (Å²) in [5.41, 5.74) is 1.66. The zero-order chi connectivity index (χ0) is 17.4. The minimum absolute atomic E-state index is 0.316. The first-order valence-electron chi connectivity index (χ1n) is 7.87. The fourth-order valence-corrected chi connectivity index (χ4v) is 2.58. The summed E-state index contributed by atoms with van der Waals surface area (Å²) in [5, 5.41) is 12.0. The molecule has 2 N–H and O–H groups in total. The van der Waals surface area contributed by atoms with E-state index in [1.54, 1.807) is 6.08 Å². The number of hydrogen-bond acceptors (Lipinski definition) is 2. The highest BCUT2D eigenvalue weighted by atomic mass is 16.4. The zero-order valence-electron chi connectivity index (χ0n) is 13.4. The first kappa shape index (κ1) is 17.5. The molecule has 0 saturated carbocycles. The molecule has 4 nitrogen and oxygen atoms in total. The molecule has 2 aromatic carbocycles. The molecule has 0 bridgehead atoms. The smallest absolute Gasteiger partial charge is 0.326 e. The van der Waals surface area contributed by atoms with E-state index in [4.69, 9.17) is 0 Å². The van der Waals surface area contributed by atoms with E-state index < -0.39 is 17.9 Å². The lowest BCUT2D eigenvalue weighted by Crippen LogP contribution is -2.43. The first-order chi connectivity index (χ1) is 11.6. The van der Waals surface area contributed by atoms with Crippen LogP contribution in [0, 0.1) is 0 Å². The van der Waals surface area contributed by atoms with E-state index in [0.29, 0.717) is 12.8 Å². The van der Waals surface area contributed by atoms with Crippen LogP contribution in [0.3, 0.4) is 0 Å². The Morgan fingerprint density at radius 1 is 1.00 bits per heavy atom. The molecular weight excluding hydrogens is 302 g/mol. The molecule has 0 heterocycles. The van der Waals surface area contributed by atoms with Crippen molar-refractivity contribution in [1.82, 2.24) is 5.32 Å². The molecule has 0 aliphatic carbocycles. The van der Waals surface area contributed by atoms with Crippen molar-refractivity contribution in [1.29, 1.82) is 0 Å². The monoisotopic (exact) mass is 323 g/mol. The van der Waals surface area contributed by atoms with Crippen molar-refractivity contribution in [3.8, 4) is 0 Å². The van der Waals surface area contributed by atoms with Crippen molar-refractivity contribution >= 4 is 11.9 Å². The highest BCUT2D eigenvalue weighted by Crippen LogP contribution is 2.25. The Kier molecular flexibility index (Phi) is 6.32. The predicted octanol–water partition coefficient (Wildman–Crippen LogP) is 3.35. The van der Waals surface area contributed by atoms with Crippen molar-refractivity contribution in [3.63, 3.8) is 0 Å². The Morgan fingerprint density at radius 3 is 1.92 bits per heavy atom. The SMILES string of the molecule is C=CCC[C@H](NC(=O)C(c1ccccc1)c1ccccc1)C(=O)O. The van der Waals surface area contributed by atoms with Gasteiger partial charge in [-0.25, -0.2) is 4.79 Å². The molecular formula is C20H21NO3. The summed E-state index contributed by atoms with van der Waals surface area (Å²) in [6.45, 7) is 3.60. The number of hydrogen-bond donors (Lipinski definition) is 2. The van der Waals surface area contributed by atoms with Gasteiger partial charge in [0.1, 0.15) is 6.04 Å². The van der Waals surface area contributed by atoms with Crippen molar-refractivity contribution in [2.24, 2.45) is 0 Å². The van der Waals surface area contributed by atoms with Crippen LogP contribution in [0.5, 0.6) is 0 Å². The fourth-order valence-electron chi connectivity index (χ4n) is 2.58. The molecule has 0 radical (unpaired) electrons. The van der Waals surface area contributed by atoms with Gasteiger partial charge in [-0.1, -0.05) is 66.7 Å². The maximum Gasteiger partial charge on any atom is 0.326 e. The van der Waals surface area contributed by atoms with Crippen LogP contribution in [-0.4, -0.2) is 23.0 Å². The van der Waals surface area contributed by atoms with E-state index in [-0.39, 0.29) is 5.91 Å². The van der Waals surface area contributed by atoms with Crippen LogP contribution in [0.1, 0.15) is 29.9 Å². The summed E-state index contributed by atoms with van der Waals surface area (Å²) in [6.07, 6.45) is 2.49. The van der Waals surface area contributed by atoms with Crippen molar-refractivity contribution in [2.75, 3.05) is 0 Å². The molecule has 4 heteroatoms. The second kappa shape index (κ2) is 8.67. The standard InChI is InChI=1S/C20H21NO3/c1-2-3-14-17(20(23)24)21-19(22)18(15-10-6-4-7-11-15)16-12-8-5-9-13-16/h2,4-13,17-18H,1,3,14H2,(H,21,22)(H,23,24)/t17-/m0/s1. The number of allylic oxidation sites excluding steroid dienone is 1. The number of carbonyl (C=O) groups excluding carboxylic acids is 1. The molecule has 24 heavy (non-hydrogen) atoms. The molecule has 0 aliphatic heterocycles. The minimum Gasteiger partial charge on any atom is -0.480 e. The van der Waals surface area contributed by atoms with Crippen molar-refractivity contribution < 1.29 is 14.7 Å². The van der Waals surface area contributed by atoms with Gasteiger partial charge in [0.05, 0.1) is 5.92 Å². The summed E-state index contributed by atoms with van der Waals surface area (Å²) < 4.78 is 0. The van der Waals surface area contributed by atoms with Crippen LogP contribution in [-0.2, 0) is 9.59 Å². The summed E-state index contributed by atoms with van der Waals surface area (Å²) >= 11 is 0. The Bertz CT molecular complexity index is 643. The maximum absolute atomic E-state index is 12.8. The van der Waals surface area contributed by atoms with E-state index in [0.717, 1.165) is 11.1 Å². The number of aliphatic carboxylic acids is 1. The highest BCUT2D eigenvalue weighted by molar-refractivity contribution is 5.90. The van der Waals surface area contributed by atoms with Gasteiger partial charge in [0.15, 0.2) is 0 Å². The molecule has 0 spiro atoms. The van der Waals surface area contributed by atoms with Gasteiger partial charge in [0.2, 0.25) is 5.91 Å². The molecule has 0 aromatic heterocycles. The van der Waals surface area contributed by atoms with Gasteiger partial charge in [-0.3, -0.25) is 4.79 Å². The maximum atomic E-state index is 12.8. The summed E-state index contributed by atoms with van der Waals surface area (Å²) in [7, 11) is 0. The zero-order valence-corrected chi connectivity index (χ0v) is 13.4. The van der Waals surface area contributed by atoms with Gasteiger partial charge in [0, 0.05) is 0 Å². The van der Waals surface area contributed by atoms with Gasteiger partial charge in [-0.05, 0) is 24.0 Å². The lowest BCUT2D eigenvalue weighted by atomic mass is 9.90. The largest absolute Gasteiger partial charge is 0.480 e. The van der Waals surface area contributed by atoms with Gasteiger partial charge >= 0.3 is 5.97 Å². The summed E-state index contributed by atoms with van der Waals surface area (Å²) in [4.78, 5) is 24.2. The number of carboxylic acid groups (broad SMARTS) is 1. The van der Waals surface area contributed by atoms with Crippen molar-refractivity contribution in [3.05, 3.63) is 84.4 Å². The average Bonchev–Trinajstić information content (AvgIpc) is 2.60. The summed E-state index contributed by atoms with van der Waals surface area (Å²) in [5.74, 6) is -1.90. The van der Waals surface area contributed by atoms with Crippen LogP contribution >= 0.6 is 0 Å². The quantitative estimate of drug-likeness (QED) is 0.732. The van der Waals surface area contributed by atoms with Crippen LogP contribution in [0.4, 0.5) is 0 Å². The lowest BCUT2D eigenvalue weighted by molar-refractivity contribution is -0.142. The molecule has 0 fully saturated rings. The predicted molar refractivity (Wildman–Crippen MR) is 93.7 cm³/mol. The van der Waals surface area contributed by atoms with Crippen LogP contribution in [0.2, 0.25) is 0 Å². The third kappa shape index (κ3) is 4.56. The van der Waals surface area contributed by atoms with Crippen LogP contribution in [0.15, 0.2) is 73.3 Å². The van der Waals surface area contributed by atoms with E-state index in [2.05, 4.69) is 11.9 Å². The Morgan fingerprint density at radius 2 is 1.50 bits per heavy atom. The van der Waals surface area contributed by atoms with Gasteiger partial charge in [0.25, 0.3) is 0 Å². The molecule has 0 aliphatic rings. The van der Waals surface area contributed by atoms with Gasteiger partial charge in [-0.15, -0.1) is 6.58 Å². The van der Waals surface area contributed by atoms with Crippen molar-refractivity contribution in [2.45, 2.75) is 24.8 Å². The van der Waals surface area contributed by atoms with E-state index >= 15 is 0 Å². The highest BCUT2D eigenvalue weighted by Gasteiger charge is 2.27. The second-order valence-corrected chi connectivity index (χ2v) is 5.52. The first-order valence-corrected chi connectivity index (χ1v) is 7.87. The van der Waals surface area contributed by atoms with E-state index in [1.807, 2.05) is 60.7 Å². The molecule has 1 amide bonds. The van der Waals surface area contributed by atoms with E-state index in [1.165, 1.54) is 0 Å². The van der Waals surface area contributed by atoms with Crippen LogP contribution < -0.4 is 5.32 Å². The molecule has 1 atom stereocenters. The van der Waals surface area contributed by atoms with Gasteiger partial charge < -0.3 is 10.4 Å². The Labute approximate surface area is 141 Å². The number of carbonyl (C=O) groups is 2. The number of nitrogens with one attached hydrogen (secondary N) is 1. The fraction of sp³-hybridized carbons (Fsp3) is 0.200. The van der Waals surface area contributed by atoms with Gasteiger partial charge in [-0.2, -0.15) is 0 Å². The molecule has 2 aromatic rings. The average molecular weight is 323 g/mol. The van der Waals surface area contributed by atoms with E-state index in [9.17, 15) is 14.7 Å². The number of benzene rings is 2. The third-order valence-corrected chi connectivity index (χ3v) is 3.80. The number of rotatable bonds is 8. The Balaban J connectivity index is 2.28. The third-order valence-electron chi connectivity index (χ3n) is 3.80. The molecule has 0 saturated heterocycles.